The molecule has 0 atom stereocenters. The number of hydrogen-bond acceptors (Lipinski definition) is 3. The highest BCUT2D eigenvalue weighted by atomic mass is 32.2. The van der Waals surface area contributed by atoms with E-state index in [2.05, 4.69) is 4.74 Å². The normalized spacial score (nSPS) is 16.2. The maximum absolute atomic E-state index is 12.6. The van der Waals surface area contributed by atoms with Gasteiger partial charge in [-0.25, -0.2) is 0 Å². The van der Waals surface area contributed by atoms with Crippen LogP contribution in [0.1, 0.15) is 31.2 Å². The van der Waals surface area contributed by atoms with Crippen LogP contribution in [0.4, 0.5) is 13.2 Å². The van der Waals surface area contributed by atoms with Crippen molar-refractivity contribution in [2.24, 2.45) is 5.92 Å². The summed E-state index contributed by atoms with van der Waals surface area (Å²) in [5.74, 6) is 0.395. The van der Waals surface area contributed by atoms with E-state index in [4.69, 9.17) is 4.74 Å². The van der Waals surface area contributed by atoms with Gasteiger partial charge in [0.15, 0.2) is 11.5 Å². The Kier molecular flexibility index (Phi) is 5.30. The molecule has 1 aromatic rings. The van der Waals surface area contributed by atoms with E-state index in [1.165, 1.54) is 24.6 Å². The summed E-state index contributed by atoms with van der Waals surface area (Å²) in [7, 11) is 0. The zero-order valence-electron chi connectivity index (χ0n) is 12.1. The van der Waals surface area contributed by atoms with Crippen molar-refractivity contribution in [3.05, 3.63) is 17.7 Å². The van der Waals surface area contributed by atoms with Crippen molar-refractivity contribution in [2.75, 3.05) is 12.9 Å². The summed E-state index contributed by atoms with van der Waals surface area (Å²) < 4.78 is 47.6. The lowest BCUT2D eigenvalue weighted by molar-refractivity contribution is -0.275. The Bertz CT molecular complexity index is 483. The fourth-order valence-electron chi connectivity index (χ4n) is 2.61. The summed E-state index contributed by atoms with van der Waals surface area (Å²) >= 11 is 1.38. The summed E-state index contributed by atoms with van der Waals surface area (Å²) in [5.41, 5.74) is 0.462. The lowest BCUT2D eigenvalue weighted by Crippen LogP contribution is -2.19. The molecule has 0 unspecified atom stereocenters. The molecular formula is C15H19F3O2S. The van der Waals surface area contributed by atoms with E-state index in [1.807, 2.05) is 6.26 Å². The second kappa shape index (κ2) is 6.81. The first-order valence-electron chi connectivity index (χ1n) is 6.97. The van der Waals surface area contributed by atoms with Gasteiger partial charge >= 0.3 is 6.36 Å². The molecule has 0 radical (unpaired) electrons. The second-order valence-electron chi connectivity index (χ2n) is 5.23. The third kappa shape index (κ3) is 4.46. The van der Waals surface area contributed by atoms with E-state index in [-0.39, 0.29) is 11.5 Å². The molecule has 1 aromatic carbocycles. The quantitative estimate of drug-likeness (QED) is 0.696. The Morgan fingerprint density at radius 1 is 1.24 bits per heavy atom. The topological polar surface area (TPSA) is 18.5 Å². The average molecular weight is 320 g/mol. The van der Waals surface area contributed by atoms with Crippen LogP contribution < -0.4 is 9.47 Å². The van der Waals surface area contributed by atoms with E-state index in [9.17, 15) is 13.2 Å². The van der Waals surface area contributed by atoms with Crippen molar-refractivity contribution >= 4 is 11.8 Å². The molecule has 1 aliphatic rings. The van der Waals surface area contributed by atoms with Crippen molar-refractivity contribution in [2.45, 2.75) is 43.9 Å². The van der Waals surface area contributed by atoms with E-state index in [0.29, 0.717) is 18.1 Å². The standard InChI is InChI=1S/C15H19F3O2S/c1-10-13(21-2)8-7-12(14(10)20-15(16,17)18)19-9-11-5-3-4-6-11/h7-8,11H,3-6,9H2,1-2H3. The van der Waals surface area contributed by atoms with Crippen LogP contribution in [0.25, 0.3) is 0 Å². The first-order valence-corrected chi connectivity index (χ1v) is 8.19. The van der Waals surface area contributed by atoms with Gasteiger partial charge < -0.3 is 9.47 Å². The minimum Gasteiger partial charge on any atom is -0.489 e. The van der Waals surface area contributed by atoms with Crippen molar-refractivity contribution in [1.82, 2.24) is 0 Å². The molecule has 0 saturated heterocycles. The highest BCUT2D eigenvalue weighted by Gasteiger charge is 2.34. The minimum atomic E-state index is -4.72. The average Bonchev–Trinajstić information content (AvgIpc) is 2.91. The molecular weight excluding hydrogens is 301 g/mol. The molecule has 118 valence electrons. The Morgan fingerprint density at radius 2 is 1.90 bits per heavy atom. The lowest BCUT2D eigenvalue weighted by Gasteiger charge is -2.19. The summed E-state index contributed by atoms with van der Waals surface area (Å²) in [6.45, 7) is 2.07. The van der Waals surface area contributed by atoms with Crippen molar-refractivity contribution in [3.8, 4) is 11.5 Å². The third-order valence-corrected chi connectivity index (χ3v) is 4.59. The first kappa shape index (κ1) is 16.3. The smallest absolute Gasteiger partial charge is 0.489 e. The Labute approximate surface area is 127 Å². The van der Waals surface area contributed by atoms with Gasteiger partial charge in [-0.05, 0) is 44.1 Å². The molecule has 0 spiro atoms. The van der Waals surface area contributed by atoms with Crippen LogP contribution in [0.15, 0.2) is 17.0 Å². The van der Waals surface area contributed by atoms with Crippen LogP contribution >= 0.6 is 11.8 Å². The molecule has 0 N–H and O–H groups in total. The Morgan fingerprint density at radius 3 is 2.48 bits per heavy atom. The largest absolute Gasteiger partial charge is 0.573 e. The monoisotopic (exact) mass is 320 g/mol. The number of halogens is 3. The summed E-state index contributed by atoms with van der Waals surface area (Å²) in [4.78, 5) is 0.752. The number of thioether (sulfide) groups is 1. The van der Waals surface area contributed by atoms with Crippen molar-refractivity contribution in [3.63, 3.8) is 0 Å². The summed E-state index contributed by atoms with van der Waals surface area (Å²) in [6, 6.07) is 3.34. The molecule has 6 heteroatoms. The fourth-order valence-corrected chi connectivity index (χ4v) is 3.21. The molecule has 21 heavy (non-hydrogen) atoms. The number of ether oxygens (including phenoxy) is 2. The summed E-state index contributed by atoms with van der Waals surface area (Å²) in [6.07, 6.45) is 1.61. The first-order chi connectivity index (χ1) is 9.90. The molecule has 0 aliphatic heterocycles. The number of rotatable bonds is 5. The molecule has 2 nitrogen and oxygen atoms in total. The van der Waals surface area contributed by atoms with Crippen molar-refractivity contribution < 1.29 is 22.6 Å². The number of alkyl halides is 3. The Hall–Kier alpha value is -1.04. The molecule has 0 aromatic heterocycles. The van der Waals surface area contributed by atoms with Gasteiger partial charge in [-0.3, -0.25) is 0 Å². The van der Waals surface area contributed by atoms with Crippen LogP contribution in [-0.4, -0.2) is 19.2 Å². The van der Waals surface area contributed by atoms with Gasteiger partial charge in [0.1, 0.15) is 0 Å². The molecule has 0 heterocycles. The zero-order chi connectivity index (χ0) is 15.5. The number of benzene rings is 1. The maximum atomic E-state index is 12.6. The Balaban J connectivity index is 2.19. The van der Waals surface area contributed by atoms with Crippen LogP contribution in [-0.2, 0) is 0 Å². The molecule has 2 rings (SSSR count). The highest BCUT2D eigenvalue weighted by Crippen LogP contribution is 2.40. The van der Waals surface area contributed by atoms with Gasteiger partial charge in [0.2, 0.25) is 0 Å². The van der Waals surface area contributed by atoms with Crippen LogP contribution in [0.3, 0.4) is 0 Å². The number of hydrogen-bond donors (Lipinski definition) is 0. The van der Waals surface area contributed by atoms with Gasteiger partial charge in [-0.15, -0.1) is 24.9 Å². The van der Waals surface area contributed by atoms with E-state index in [1.54, 1.807) is 19.1 Å². The van der Waals surface area contributed by atoms with Gasteiger partial charge in [0.25, 0.3) is 0 Å². The molecule has 1 fully saturated rings. The van der Waals surface area contributed by atoms with E-state index < -0.39 is 6.36 Å². The van der Waals surface area contributed by atoms with E-state index >= 15 is 0 Å². The third-order valence-electron chi connectivity index (χ3n) is 3.71. The highest BCUT2D eigenvalue weighted by molar-refractivity contribution is 7.98. The summed E-state index contributed by atoms with van der Waals surface area (Å²) in [5, 5.41) is 0. The lowest BCUT2D eigenvalue weighted by atomic mass is 10.1. The van der Waals surface area contributed by atoms with Crippen LogP contribution in [0.5, 0.6) is 11.5 Å². The second-order valence-corrected chi connectivity index (χ2v) is 6.08. The molecule has 1 saturated carbocycles. The van der Waals surface area contributed by atoms with Gasteiger partial charge in [-0.1, -0.05) is 12.8 Å². The predicted octanol–water partition coefficient (Wildman–Crippen LogP) is 5.18. The predicted molar refractivity (Wildman–Crippen MR) is 77.1 cm³/mol. The zero-order valence-corrected chi connectivity index (χ0v) is 12.9. The van der Waals surface area contributed by atoms with E-state index in [0.717, 1.165) is 17.7 Å². The van der Waals surface area contributed by atoms with Gasteiger partial charge in [0, 0.05) is 10.5 Å². The maximum Gasteiger partial charge on any atom is 0.573 e. The van der Waals surface area contributed by atoms with Crippen LogP contribution in [0.2, 0.25) is 0 Å². The van der Waals surface area contributed by atoms with Crippen LogP contribution in [0, 0.1) is 12.8 Å². The van der Waals surface area contributed by atoms with Gasteiger partial charge in [-0.2, -0.15) is 0 Å². The SMILES string of the molecule is CSc1ccc(OCC2CCCC2)c(OC(F)(F)F)c1C. The van der Waals surface area contributed by atoms with Crippen molar-refractivity contribution in [1.29, 1.82) is 0 Å². The molecule has 0 bridgehead atoms. The minimum absolute atomic E-state index is 0.175. The fraction of sp³-hybridized carbons (Fsp3) is 0.600. The van der Waals surface area contributed by atoms with Gasteiger partial charge in [0.05, 0.1) is 6.61 Å². The molecule has 1 aliphatic carbocycles. The molecule has 0 amide bonds.